The Morgan fingerprint density at radius 2 is 2.24 bits per heavy atom. The zero-order valence-electron chi connectivity index (χ0n) is 14.8. The number of hydrogen-bond donors (Lipinski definition) is 2. The summed E-state index contributed by atoms with van der Waals surface area (Å²) in [5, 5.41) is 12.0. The van der Waals surface area contributed by atoms with Gasteiger partial charge in [-0.3, -0.25) is 9.78 Å². The molecule has 136 valence electrons. The fraction of sp³-hybridized carbons (Fsp3) is 0.579. The number of ether oxygens (including phenoxy) is 1. The first-order chi connectivity index (χ1) is 12.2. The number of aromatic hydroxyl groups is 1. The number of hydrogen-bond acceptors (Lipinski definition) is 6. The van der Waals surface area contributed by atoms with Gasteiger partial charge < -0.3 is 14.9 Å². The van der Waals surface area contributed by atoms with Crippen molar-refractivity contribution >= 4 is 6.29 Å². The molecule has 6 nitrogen and oxygen atoms in total. The summed E-state index contributed by atoms with van der Waals surface area (Å²) in [6.07, 6.45) is 11.5. The minimum Gasteiger partial charge on any atom is -0.505 e. The third kappa shape index (κ3) is 3.95. The Bertz CT molecular complexity index is 632. The third-order valence-electron chi connectivity index (χ3n) is 5.14. The van der Waals surface area contributed by atoms with Crippen molar-refractivity contribution in [2.24, 2.45) is 11.8 Å². The maximum atomic E-state index is 11.2. The summed E-state index contributed by atoms with van der Waals surface area (Å²) >= 11 is 0. The molecule has 1 saturated carbocycles. The summed E-state index contributed by atoms with van der Waals surface area (Å²) in [5.74, 6) is 1.11. The van der Waals surface area contributed by atoms with Gasteiger partial charge in [-0.05, 0) is 25.3 Å². The molecule has 0 spiro atoms. The van der Waals surface area contributed by atoms with Crippen LogP contribution < -0.4 is 10.2 Å². The molecule has 2 heterocycles. The molecule has 0 aromatic carbocycles. The molecule has 0 bridgehead atoms. The van der Waals surface area contributed by atoms with Crippen molar-refractivity contribution in [2.75, 3.05) is 19.7 Å². The van der Waals surface area contributed by atoms with E-state index >= 15 is 0 Å². The van der Waals surface area contributed by atoms with Crippen LogP contribution in [0.15, 0.2) is 24.2 Å². The molecule has 2 N–H and O–H groups in total. The van der Waals surface area contributed by atoms with E-state index in [0.717, 1.165) is 25.9 Å². The number of nitrogens with one attached hydrogen (secondary N) is 1. The smallest absolute Gasteiger partial charge is 0.157 e. The largest absolute Gasteiger partial charge is 0.505 e. The van der Waals surface area contributed by atoms with Crippen LogP contribution in [-0.2, 0) is 0 Å². The second-order valence-corrected chi connectivity index (χ2v) is 6.79. The van der Waals surface area contributed by atoms with E-state index < -0.39 is 0 Å². The molecular weight excluding hydrogens is 318 g/mol. The SMILES string of the molecule is CCCN1NCC=C1C1CCCCC1COc1cncc(O)c1C=O. The number of nitrogens with zero attached hydrogens (tertiary/aromatic N) is 2. The first kappa shape index (κ1) is 17.7. The summed E-state index contributed by atoms with van der Waals surface area (Å²) in [6, 6.07) is 0. The molecule has 25 heavy (non-hydrogen) atoms. The predicted molar refractivity (Wildman–Crippen MR) is 95.3 cm³/mol. The molecule has 0 amide bonds. The molecule has 1 aliphatic heterocycles. The Balaban J connectivity index is 1.70. The fourth-order valence-corrected chi connectivity index (χ4v) is 3.91. The number of aldehydes is 1. The van der Waals surface area contributed by atoms with Crippen molar-refractivity contribution in [3.63, 3.8) is 0 Å². The van der Waals surface area contributed by atoms with Gasteiger partial charge in [0.2, 0.25) is 0 Å². The van der Waals surface area contributed by atoms with Gasteiger partial charge in [0.1, 0.15) is 11.3 Å². The third-order valence-corrected chi connectivity index (χ3v) is 5.14. The lowest BCUT2D eigenvalue weighted by atomic mass is 9.77. The van der Waals surface area contributed by atoms with Crippen LogP contribution in [0.2, 0.25) is 0 Å². The summed E-state index contributed by atoms with van der Waals surface area (Å²) in [7, 11) is 0. The molecule has 2 aliphatic rings. The highest BCUT2D eigenvalue weighted by atomic mass is 16.5. The molecule has 2 unspecified atom stereocenters. The van der Waals surface area contributed by atoms with Gasteiger partial charge in [0, 0.05) is 30.6 Å². The number of rotatable bonds is 7. The molecule has 1 aromatic heterocycles. The Hall–Kier alpha value is -2.08. The van der Waals surface area contributed by atoms with Gasteiger partial charge in [-0.25, -0.2) is 5.43 Å². The van der Waals surface area contributed by atoms with Gasteiger partial charge in [0.05, 0.1) is 19.0 Å². The van der Waals surface area contributed by atoms with E-state index in [0.29, 0.717) is 30.5 Å². The summed E-state index contributed by atoms with van der Waals surface area (Å²) < 4.78 is 5.91. The first-order valence-electron chi connectivity index (χ1n) is 9.20. The Kier molecular flexibility index (Phi) is 5.91. The average Bonchev–Trinajstić information content (AvgIpc) is 3.08. The second-order valence-electron chi connectivity index (χ2n) is 6.79. The lowest BCUT2D eigenvalue weighted by molar-refractivity contribution is 0.110. The van der Waals surface area contributed by atoms with Gasteiger partial charge in [0.25, 0.3) is 0 Å². The van der Waals surface area contributed by atoms with Crippen molar-refractivity contribution in [3.05, 3.63) is 29.7 Å². The predicted octanol–water partition coefficient (Wildman–Crippen LogP) is 2.90. The lowest BCUT2D eigenvalue weighted by Crippen LogP contribution is -2.38. The maximum Gasteiger partial charge on any atom is 0.157 e. The van der Waals surface area contributed by atoms with Crippen LogP contribution in [0, 0.1) is 11.8 Å². The van der Waals surface area contributed by atoms with E-state index in [9.17, 15) is 9.90 Å². The zero-order valence-corrected chi connectivity index (χ0v) is 14.8. The monoisotopic (exact) mass is 345 g/mol. The number of pyridine rings is 1. The summed E-state index contributed by atoms with van der Waals surface area (Å²) in [4.78, 5) is 15.1. The molecule has 0 radical (unpaired) electrons. The molecule has 1 fully saturated rings. The lowest BCUT2D eigenvalue weighted by Gasteiger charge is -2.36. The molecule has 1 aromatic rings. The van der Waals surface area contributed by atoms with E-state index in [1.807, 2.05) is 0 Å². The second kappa shape index (κ2) is 8.34. The van der Waals surface area contributed by atoms with Gasteiger partial charge in [-0.2, -0.15) is 0 Å². The highest BCUT2D eigenvalue weighted by Gasteiger charge is 2.32. The summed E-state index contributed by atoms with van der Waals surface area (Å²) in [5.41, 5.74) is 5.00. The van der Waals surface area contributed by atoms with Crippen LogP contribution in [0.25, 0.3) is 0 Å². The van der Waals surface area contributed by atoms with E-state index in [-0.39, 0.29) is 11.3 Å². The minimum absolute atomic E-state index is 0.135. The van der Waals surface area contributed by atoms with Crippen LogP contribution in [-0.4, -0.2) is 41.1 Å². The van der Waals surface area contributed by atoms with Crippen molar-refractivity contribution in [1.29, 1.82) is 0 Å². The van der Waals surface area contributed by atoms with Crippen molar-refractivity contribution in [2.45, 2.75) is 39.0 Å². The van der Waals surface area contributed by atoms with Gasteiger partial charge >= 0.3 is 0 Å². The number of carbonyl (C=O) groups excluding carboxylic acids is 1. The molecule has 6 heteroatoms. The highest BCUT2D eigenvalue weighted by Crippen LogP contribution is 2.38. The van der Waals surface area contributed by atoms with Crippen LogP contribution in [0.3, 0.4) is 0 Å². The Morgan fingerprint density at radius 1 is 1.40 bits per heavy atom. The van der Waals surface area contributed by atoms with E-state index in [1.54, 1.807) is 0 Å². The van der Waals surface area contributed by atoms with Crippen LogP contribution in [0.5, 0.6) is 11.5 Å². The minimum atomic E-state index is -0.135. The van der Waals surface area contributed by atoms with Crippen molar-refractivity contribution < 1.29 is 14.6 Å². The number of carbonyl (C=O) groups is 1. The number of aromatic nitrogens is 1. The molecule has 3 rings (SSSR count). The van der Waals surface area contributed by atoms with Crippen LogP contribution in [0.4, 0.5) is 0 Å². The molecule has 0 saturated heterocycles. The topological polar surface area (TPSA) is 74.7 Å². The van der Waals surface area contributed by atoms with Gasteiger partial charge in [0.15, 0.2) is 12.0 Å². The van der Waals surface area contributed by atoms with E-state index in [4.69, 9.17) is 4.74 Å². The van der Waals surface area contributed by atoms with Gasteiger partial charge in [-0.15, -0.1) is 0 Å². The Morgan fingerprint density at radius 3 is 3.04 bits per heavy atom. The zero-order chi connectivity index (χ0) is 17.6. The standard InChI is InChI=1S/C19H27N3O3/c1-2-9-22-17(7-8-21-22)15-6-4-3-5-14(15)13-25-19-11-20-10-18(24)16(19)12-23/h7,10-12,14-15,21,24H,2-6,8-9,13H2,1H3. The van der Waals surface area contributed by atoms with Crippen LogP contribution in [0.1, 0.15) is 49.4 Å². The number of allylic oxidation sites excluding steroid dienone is 1. The normalized spacial score (nSPS) is 23.4. The fourth-order valence-electron chi connectivity index (χ4n) is 3.91. The van der Waals surface area contributed by atoms with E-state index in [2.05, 4.69) is 28.4 Å². The van der Waals surface area contributed by atoms with E-state index in [1.165, 1.54) is 37.4 Å². The van der Waals surface area contributed by atoms with Crippen molar-refractivity contribution in [3.8, 4) is 11.5 Å². The molecule has 1 aliphatic carbocycles. The van der Waals surface area contributed by atoms with Crippen molar-refractivity contribution in [1.82, 2.24) is 15.4 Å². The molecular formula is C19H27N3O3. The maximum absolute atomic E-state index is 11.2. The van der Waals surface area contributed by atoms with Crippen LogP contribution >= 0.6 is 0 Å². The first-order valence-corrected chi connectivity index (χ1v) is 9.20. The highest BCUT2D eigenvalue weighted by molar-refractivity contribution is 5.82. The average molecular weight is 345 g/mol. The van der Waals surface area contributed by atoms with Gasteiger partial charge in [-0.1, -0.05) is 19.8 Å². The number of hydrazine groups is 1. The quantitative estimate of drug-likeness (QED) is 0.740. The molecule has 2 atom stereocenters. The summed E-state index contributed by atoms with van der Waals surface area (Å²) in [6.45, 7) is 4.63. The Labute approximate surface area is 148 Å².